The second-order valence-electron chi connectivity index (χ2n) is 11.2. The number of nitrogens with zero attached hydrogens (tertiary/aromatic N) is 3. The van der Waals surface area contributed by atoms with Crippen molar-refractivity contribution >= 4 is 61.1 Å². The van der Waals surface area contributed by atoms with Crippen LogP contribution in [0, 0.1) is 0 Å². The number of benzene rings is 7. The monoisotopic (exact) mass is 577 g/mol. The molecule has 0 bridgehead atoms. The molecule has 4 nitrogen and oxygen atoms in total. The minimum Gasteiger partial charge on any atom is -0.423 e. The molecular formula is C41H27N3O. The molecular weight excluding hydrogens is 550 g/mol. The van der Waals surface area contributed by atoms with Crippen LogP contribution in [0.2, 0.25) is 0 Å². The summed E-state index contributed by atoms with van der Waals surface area (Å²) in [7, 11) is 0. The predicted octanol–water partition coefficient (Wildman–Crippen LogP) is 11.2. The number of hydrogen-bond acceptors (Lipinski definition) is 3. The first-order valence-electron chi connectivity index (χ1n) is 15.1. The van der Waals surface area contributed by atoms with Crippen LogP contribution in [0.25, 0.3) is 60.5 Å². The Morgan fingerprint density at radius 1 is 0.533 bits per heavy atom. The maximum Gasteiger partial charge on any atom is 0.307 e. The van der Waals surface area contributed by atoms with E-state index in [-0.39, 0.29) is 0 Å². The van der Waals surface area contributed by atoms with Gasteiger partial charge < -0.3 is 8.98 Å². The van der Waals surface area contributed by atoms with Gasteiger partial charge in [-0.2, -0.15) is 4.98 Å². The molecule has 2 aromatic heterocycles. The van der Waals surface area contributed by atoms with Crippen LogP contribution in [0.15, 0.2) is 168 Å². The van der Waals surface area contributed by atoms with E-state index in [9.17, 15) is 0 Å². The van der Waals surface area contributed by atoms with Gasteiger partial charge in [0.2, 0.25) is 0 Å². The predicted molar refractivity (Wildman–Crippen MR) is 186 cm³/mol. The minimum absolute atomic E-state index is 0.524. The molecule has 45 heavy (non-hydrogen) atoms. The zero-order valence-electron chi connectivity index (χ0n) is 24.3. The number of rotatable bonds is 5. The molecule has 0 unspecified atom stereocenters. The third-order valence-corrected chi connectivity index (χ3v) is 8.62. The number of aromatic nitrogens is 2. The maximum absolute atomic E-state index is 6.62. The van der Waals surface area contributed by atoms with E-state index in [1.807, 2.05) is 12.1 Å². The first-order valence-corrected chi connectivity index (χ1v) is 15.1. The smallest absolute Gasteiger partial charge is 0.307 e. The van der Waals surface area contributed by atoms with Gasteiger partial charge in [-0.1, -0.05) is 115 Å². The van der Waals surface area contributed by atoms with Gasteiger partial charge in [-0.3, -0.25) is 4.90 Å². The molecule has 0 saturated carbocycles. The van der Waals surface area contributed by atoms with Crippen molar-refractivity contribution < 1.29 is 4.42 Å². The molecule has 0 amide bonds. The van der Waals surface area contributed by atoms with E-state index in [1.165, 1.54) is 10.9 Å². The molecule has 9 rings (SSSR count). The highest BCUT2D eigenvalue weighted by atomic mass is 16.4. The quantitative estimate of drug-likeness (QED) is 0.204. The molecule has 0 saturated heterocycles. The Morgan fingerprint density at radius 3 is 2.09 bits per heavy atom. The van der Waals surface area contributed by atoms with Crippen LogP contribution in [-0.4, -0.2) is 9.55 Å². The average molecular weight is 578 g/mol. The van der Waals surface area contributed by atoms with Crippen LogP contribution >= 0.6 is 0 Å². The fraction of sp³-hybridized carbons (Fsp3) is 0. The molecule has 0 aliphatic heterocycles. The zero-order chi connectivity index (χ0) is 29.7. The minimum atomic E-state index is 0.524. The lowest BCUT2D eigenvalue weighted by atomic mass is 10.0. The van der Waals surface area contributed by atoms with Crippen LogP contribution in [0.5, 0.6) is 0 Å². The summed E-state index contributed by atoms with van der Waals surface area (Å²) in [4.78, 5) is 7.34. The van der Waals surface area contributed by atoms with Gasteiger partial charge in [0.25, 0.3) is 0 Å². The fourth-order valence-electron chi connectivity index (χ4n) is 6.58. The van der Waals surface area contributed by atoms with Crippen LogP contribution in [0.4, 0.5) is 17.4 Å². The molecule has 7 aromatic carbocycles. The lowest BCUT2D eigenvalue weighted by molar-refractivity contribution is 0.608. The molecule has 0 atom stereocenters. The molecule has 212 valence electrons. The van der Waals surface area contributed by atoms with Gasteiger partial charge in [0.1, 0.15) is 5.52 Å². The van der Waals surface area contributed by atoms with Gasteiger partial charge in [-0.15, -0.1) is 0 Å². The summed E-state index contributed by atoms with van der Waals surface area (Å²) in [6.07, 6.45) is 0. The van der Waals surface area contributed by atoms with Gasteiger partial charge in [-0.05, 0) is 59.5 Å². The summed E-state index contributed by atoms with van der Waals surface area (Å²) >= 11 is 0. The summed E-state index contributed by atoms with van der Waals surface area (Å²) in [6, 6.07) is 57.7. The first kappa shape index (κ1) is 25.4. The number of oxazole rings is 1. The van der Waals surface area contributed by atoms with Crippen molar-refractivity contribution in [2.45, 2.75) is 0 Å². The summed E-state index contributed by atoms with van der Waals surface area (Å²) in [5, 5.41) is 4.56. The molecule has 0 radical (unpaired) electrons. The van der Waals surface area contributed by atoms with E-state index >= 15 is 0 Å². The van der Waals surface area contributed by atoms with E-state index in [4.69, 9.17) is 9.40 Å². The Morgan fingerprint density at radius 2 is 1.22 bits per heavy atom. The maximum atomic E-state index is 6.62. The fourth-order valence-corrected chi connectivity index (χ4v) is 6.58. The van der Waals surface area contributed by atoms with E-state index in [1.54, 1.807) is 0 Å². The van der Waals surface area contributed by atoms with Crippen LogP contribution in [-0.2, 0) is 0 Å². The largest absolute Gasteiger partial charge is 0.423 e. The highest BCUT2D eigenvalue weighted by Crippen LogP contribution is 2.44. The third kappa shape index (κ3) is 4.11. The molecule has 0 aliphatic carbocycles. The summed E-state index contributed by atoms with van der Waals surface area (Å²) in [5.74, 6) is 0. The topological polar surface area (TPSA) is 34.2 Å². The van der Waals surface area contributed by atoms with Crippen molar-refractivity contribution in [3.63, 3.8) is 0 Å². The molecule has 0 N–H and O–H groups in total. The van der Waals surface area contributed by atoms with Crippen LogP contribution < -0.4 is 4.90 Å². The number of anilines is 3. The third-order valence-electron chi connectivity index (χ3n) is 8.62. The van der Waals surface area contributed by atoms with Crippen molar-refractivity contribution in [2.75, 3.05) is 4.90 Å². The lowest BCUT2D eigenvalue weighted by Gasteiger charge is -2.24. The van der Waals surface area contributed by atoms with Gasteiger partial charge in [0.05, 0.1) is 22.4 Å². The van der Waals surface area contributed by atoms with Gasteiger partial charge >= 0.3 is 6.01 Å². The number of hydrogen-bond donors (Lipinski definition) is 0. The van der Waals surface area contributed by atoms with Gasteiger partial charge in [0, 0.05) is 27.4 Å². The van der Waals surface area contributed by atoms with Gasteiger partial charge in [0.15, 0.2) is 5.58 Å². The molecule has 0 aliphatic rings. The van der Waals surface area contributed by atoms with Crippen molar-refractivity contribution in [1.82, 2.24) is 9.55 Å². The van der Waals surface area contributed by atoms with Crippen molar-refractivity contribution in [3.05, 3.63) is 164 Å². The van der Waals surface area contributed by atoms with E-state index < -0.39 is 0 Å². The second kappa shape index (κ2) is 10.2. The first-order chi connectivity index (χ1) is 22.3. The molecule has 9 aromatic rings. The second-order valence-corrected chi connectivity index (χ2v) is 11.2. The SMILES string of the molecule is c1ccc(-c2ccccc2N(c2ccc3c(c2)c2ccccc2n3-c2ccccc2)c2nc3c(ccc4ccccc43)o2)cc1. The Bertz CT molecular complexity index is 2490. The Hall–Kier alpha value is -6.13. The Labute approximate surface area is 260 Å². The number of fused-ring (bicyclic) bond motifs is 6. The zero-order valence-corrected chi connectivity index (χ0v) is 24.3. The van der Waals surface area contributed by atoms with Crippen LogP contribution in [0.3, 0.4) is 0 Å². The highest BCUT2D eigenvalue weighted by Gasteiger charge is 2.24. The van der Waals surface area contributed by atoms with Crippen molar-refractivity contribution in [2.24, 2.45) is 0 Å². The Kier molecular flexibility index (Phi) is 5.78. The van der Waals surface area contributed by atoms with E-state index in [2.05, 4.69) is 161 Å². The van der Waals surface area contributed by atoms with E-state index in [0.29, 0.717) is 6.01 Å². The highest BCUT2D eigenvalue weighted by molar-refractivity contribution is 6.11. The van der Waals surface area contributed by atoms with Gasteiger partial charge in [-0.25, -0.2) is 0 Å². The molecule has 0 spiro atoms. The van der Waals surface area contributed by atoms with E-state index in [0.717, 1.165) is 61.0 Å². The normalized spacial score (nSPS) is 11.6. The molecule has 2 heterocycles. The summed E-state index contributed by atoms with van der Waals surface area (Å²) < 4.78 is 8.96. The lowest BCUT2D eigenvalue weighted by Crippen LogP contribution is -2.11. The summed E-state index contributed by atoms with van der Waals surface area (Å²) in [5.41, 5.74) is 9.24. The van der Waals surface area contributed by atoms with Crippen molar-refractivity contribution in [1.29, 1.82) is 0 Å². The van der Waals surface area contributed by atoms with Crippen LogP contribution in [0.1, 0.15) is 0 Å². The molecule has 0 fully saturated rings. The standard InChI is InChI=1S/C41H27N3O/c1-3-13-28(14-4-1)32-18-9-11-21-36(32)44(41-42-40-33-19-8-7-15-29(33)23-26-39(40)45-41)31-24-25-38-35(27-31)34-20-10-12-22-37(34)43(38)30-16-5-2-6-17-30/h1-27H. The molecule has 4 heteroatoms. The van der Waals surface area contributed by atoms with Crippen molar-refractivity contribution in [3.8, 4) is 16.8 Å². The summed E-state index contributed by atoms with van der Waals surface area (Å²) in [6.45, 7) is 0. The Balaban J connectivity index is 1.33. The number of para-hydroxylation sites is 3. The average Bonchev–Trinajstić information content (AvgIpc) is 3.69.